The molecule has 0 radical (unpaired) electrons. The SMILES string of the molecule is CCOc1ccc(C(N)=O)cc1CN. The number of hydrogen-bond donors (Lipinski definition) is 2. The fourth-order valence-electron chi connectivity index (χ4n) is 1.19. The third-order valence-corrected chi connectivity index (χ3v) is 1.86. The van der Waals surface area contributed by atoms with Crippen LogP contribution in [-0.4, -0.2) is 12.5 Å². The second kappa shape index (κ2) is 4.62. The standard InChI is InChI=1S/C10H14N2O2/c1-2-14-9-4-3-7(10(12)13)5-8(9)6-11/h3-5H,2,6,11H2,1H3,(H2,12,13). The van der Waals surface area contributed by atoms with E-state index in [1.807, 2.05) is 6.92 Å². The van der Waals surface area contributed by atoms with Crippen molar-refractivity contribution >= 4 is 5.91 Å². The van der Waals surface area contributed by atoms with Crippen LogP contribution in [0.2, 0.25) is 0 Å². The number of benzene rings is 1. The number of nitrogens with two attached hydrogens (primary N) is 2. The van der Waals surface area contributed by atoms with Gasteiger partial charge >= 0.3 is 0 Å². The minimum atomic E-state index is -0.456. The van der Waals surface area contributed by atoms with Crippen LogP contribution in [0.1, 0.15) is 22.8 Å². The first-order valence-corrected chi connectivity index (χ1v) is 4.44. The van der Waals surface area contributed by atoms with Gasteiger partial charge in [-0.3, -0.25) is 4.79 Å². The van der Waals surface area contributed by atoms with E-state index in [1.165, 1.54) is 0 Å². The zero-order valence-corrected chi connectivity index (χ0v) is 8.12. The minimum absolute atomic E-state index is 0.330. The molecule has 0 saturated carbocycles. The molecule has 4 N–H and O–H groups in total. The van der Waals surface area contributed by atoms with Gasteiger partial charge < -0.3 is 16.2 Å². The summed E-state index contributed by atoms with van der Waals surface area (Å²) in [5, 5.41) is 0. The Morgan fingerprint density at radius 1 is 1.50 bits per heavy atom. The third-order valence-electron chi connectivity index (χ3n) is 1.86. The number of rotatable bonds is 4. The Labute approximate surface area is 82.8 Å². The summed E-state index contributed by atoms with van der Waals surface area (Å²) >= 11 is 0. The molecule has 0 bridgehead atoms. The van der Waals surface area contributed by atoms with Gasteiger partial charge in [0.05, 0.1) is 6.61 Å². The van der Waals surface area contributed by atoms with Crippen LogP contribution < -0.4 is 16.2 Å². The Morgan fingerprint density at radius 2 is 2.21 bits per heavy atom. The van der Waals surface area contributed by atoms with Crippen molar-refractivity contribution < 1.29 is 9.53 Å². The molecule has 0 aliphatic rings. The summed E-state index contributed by atoms with van der Waals surface area (Å²) in [6.45, 7) is 2.79. The molecule has 0 saturated heterocycles. The van der Waals surface area contributed by atoms with Crippen molar-refractivity contribution in [1.29, 1.82) is 0 Å². The Hall–Kier alpha value is -1.55. The van der Waals surface area contributed by atoms with Crippen molar-refractivity contribution in [1.82, 2.24) is 0 Å². The van der Waals surface area contributed by atoms with E-state index in [9.17, 15) is 4.79 Å². The maximum Gasteiger partial charge on any atom is 0.248 e. The van der Waals surface area contributed by atoms with Crippen molar-refractivity contribution in [3.05, 3.63) is 29.3 Å². The third kappa shape index (κ3) is 2.23. The van der Waals surface area contributed by atoms with Gasteiger partial charge in [0.1, 0.15) is 5.75 Å². The van der Waals surface area contributed by atoms with Crippen LogP contribution >= 0.6 is 0 Å². The summed E-state index contributed by atoms with van der Waals surface area (Å²) < 4.78 is 5.33. The van der Waals surface area contributed by atoms with Gasteiger partial charge in [-0.25, -0.2) is 0 Å². The topological polar surface area (TPSA) is 78.3 Å². The molecule has 1 amide bonds. The average molecular weight is 194 g/mol. The van der Waals surface area contributed by atoms with Crippen molar-refractivity contribution in [2.24, 2.45) is 11.5 Å². The Bertz CT molecular complexity index is 337. The van der Waals surface area contributed by atoms with Gasteiger partial charge in [0, 0.05) is 17.7 Å². The maximum atomic E-state index is 10.9. The average Bonchev–Trinajstić information content (AvgIpc) is 2.18. The number of carbonyl (C=O) groups is 1. The van der Waals surface area contributed by atoms with Gasteiger partial charge in [-0.05, 0) is 25.1 Å². The molecule has 4 nitrogen and oxygen atoms in total. The lowest BCUT2D eigenvalue weighted by atomic mass is 10.1. The number of amides is 1. The van der Waals surface area contributed by atoms with Gasteiger partial charge in [0.25, 0.3) is 0 Å². The molecular weight excluding hydrogens is 180 g/mol. The molecule has 76 valence electrons. The van der Waals surface area contributed by atoms with Crippen LogP contribution in [0.4, 0.5) is 0 Å². The highest BCUT2D eigenvalue weighted by atomic mass is 16.5. The smallest absolute Gasteiger partial charge is 0.248 e. The largest absolute Gasteiger partial charge is 0.494 e. The summed E-state index contributed by atoms with van der Waals surface area (Å²) in [5.41, 5.74) is 11.9. The van der Waals surface area contributed by atoms with Gasteiger partial charge in [-0.15, -0.1) is 0 Å². The van der Waals surface area contributed by atoms with Crippen molar-refractivity contribution in [3.8, 4) is 5.75 Å². The number of hydrogen-bond acceptors (Lipinski definition) is 3. The van der Waals surface area contributed by atoms with Crippen LogP contribution in [0.5, 0.6) is 5.75 Å². The monoisotopic (exact) mass is 194 g/mol. The predicted molar refractivity (Wildman–Crippen MR) is 54.0 cm³/mol. The van der Waals surface area contributed by atoms with E-state index in [4.69, 9.17) is 16.2 Å². The van der Waals surface area contributed by atoms with E-state index in [0.29, 0.717) is 24.5 Å². The Morgan fingerprint density at radius 3 is 2.71 bits per heavy atom. The van der Waals surface area contributed by atoms with Crippen molar-refractivity contribution in [2.45, 2.75) is 13.5 Å². The summed E-state index contributed by atoms with van der Waals surface area (Å²) in [6, 6.07) is 5.01. The van der Waals surface area contributed by atoms with Crippen LogP contribution in [0, 0.1) is 0 Å². The second-order valence-corrected chi connectivity index (χ2v) is 2.82. The van der Waals surface area contributed by atoms with Gasteiger partial charge in [0.2, 0.25) is 5.91 Å². The van der Waals surface area contributed by atoms with E-state index in [1.54, 1.807) is 18.2 Å². The number of carbonyl (C=O) groups excluding carboxylic acids is 1. The lowest BCUT2D eigenvalue weighted by molar-refractivity contribution is 0.1000. The molecule has 14 heavy (non-hydrogen) atoms. The molecular formula is C10H14N2O2. The van der Waals surface area contributed by atoms with Crippen molar-refractivity contribution in [3.63, 3.8) is 0 Å². The Balaban J connectivity index is 3.04. The second-order valence-electron chi connectivity index (χ2n) is 2.82. The number of ether oxygens (including phenoxy) is 1. The summed E-state index contributed by atoms with van der Waals surface area (Å²) in [7, 11) is 0. The summed E-state index contributed by atoms with van der Waals surface area (Å²) in [6.07, 6.45) is 0. The van der Waals surface area contributed by atoms with E-state index >= 15 is 0 Å². The van der Waals surface area contributed by atoms with Crippen LogP contribution in [0.3, 0.4) is 0 Å². The quantitative estimate of drug-likeness (QED) is 0.738. The molecule has 4 heteroatoms. The fraction of sp³-hybridized carbons (Fsp3) is 0.300. The first kappa shape index (κ1) is 10.5. The van der Waals surface area contributed by atoms with Gasteiger partial charge in [-0.1, -0.05) is 0 Å². The molecule has 1 rings (SSSR count). The molecule has 0 atom stereocenters. The molecule has 0 aliphatic heterocycles. The molecule has 1 aromatic carbocycles. The highest BCUT2D eigenvalue weighted by molar-refractivity contribution is 5.93. The first-order valence-electron chi connectivity index (χ1n) is 4.44. The molecule has 0 heterocycles. The molecule has 0 spiro atoms. The zero-order chi connectivity index (χ0) is 10.6. The molecule has 0 aromatic heterocycles. The lowest BCUT2D eigenvalue weighted by Crippen LogP contribution is -2.12. The highest BCUT2D eigenvalue weighted by Gasteiger charge is 2.06. The number of primary amides is 1. The van der Waals surface area contributed by atoms with Crippen LogP contribution in [-0.2, 0) is 6.54 Å². The predicted octanol–water partition coefficient (Wildman–Crippen LogP) is 0.643. The van der Waals surface area contributed by atoms with E-state index < -0.39 is 5.91 Å². The van der Waals surface area contributed by atoms with E-state index in [-0.39, 0.29) is 0 Å². The summed E-state index contributed by atoms with van der Waals surface area (Å²) in [5.74, 6) is 0.253. The lowest BCUT2D eigenvalue weighted by Gasteiger charge is -2.09. The first-order chi connectivity index (χ1) is 6.69. The van der Waals surface area contributed by atoms with Gasteiger partial charge in [-0.2, -0.15) is 0 Å². The minimum Gasteiger partial charge on any atom is -0.494 e. The van der Waals surface area contributed by atoms with Crippen LogP contribution in [0.25, 0.3) is 0 Å². The van der Waals surface area contributed by atoms with E-state index in [0.717, 1.165) is 5.56 Å². The molecule has 0 fully saturated rings. The molecule has 1 aromatic rings. The normalized spacial score (nSPS) is 9.86. The van der Waals surface area contributed by atoms with Crippen LogP contribution in [0.15, 0.2) is 18.2 Å². The Kier molecular flexibility index (Phi) is 3.48. The highest BCUT2D eigenvalue weighted by Crippen LogP contribution is 2.19. The fourth-order valence-corrected chi connectivity index (χ4v) is 1.19. The molecule has 0 unspecified atom stereocenters. The van der Waals surface area contributed by atoms with E-state index in [2.05, 4.69) is 0 Å². The zero-order valence-electron chi connectivity index (χ0n) is 8.12. The summed E-state index contributed by atoms with van der Waals surface area (Å²) in [4.78, 5) is 10.9. The molecule has 0 aliphatic carbocycles. The van der Waals surface area contributed by atoms with Gasteiger partial charge in [0.15, 0.2) is 0 Å². The maximum absolute atomic E-state index is 10.9. The van der Waals surface area contributed by atoms with Crippen molar-refractivity contribution in [2.75, 3.05) is 6.61 Å².